The lowest BCUT2D eigenvalue weighted by Gasteiger charge is -2.37. The second-order valence-electron chi connectivity index (χ2n) is 9.52. The molecular weight excluding hydrogens is 384 g/mol. The maximum Gasteiger partial charge on any atom is 0.0607 e. The molecule has 2 N–H and O–H groups in total. The normalized spacial score (nSPS) is 24.6. The van der Waals surface area contributed by atoms with Crippen LogP contribution in [0.15, 0.2) is 36.5 Å². The predicted octanol–water partition coefficient (Wildman–Crippen LogP) is 2.68. The fraction of sp³-hybridized carbons (Fsp3) is 0.560. The minimum Gasteiger partial charge on any atom is -0.318 e. The zero-order valence-corrected chi connectivity index (χ0v) is 19.0. The minimum atomic E-state index is 0.437. The summed E-state index contributed by atoms with van der Waals surface area (Å²) in [6.45, 7) is 6.37. The number of nitrogens with one attached hydrogen (secondary N) is 2. The molecule has 1 aromatic heterocycles. The summed E-state index contributed by atoms with van der Waals surface area (Å²) >= 11 is 0. The molecular formula is C25H36N6. The molecule has 0 radical (unpaired) electrons. The van der Waals surface area contributed by atoms with Crippen molar-refractivity contribution in [2.24, 2.45) is 0 Å². The van der Waals surface area contributed by atoms with Crippen molar-refractivity contribution in [2.75, 3.05) is 52.2 Å². The smallest absolute Gasteiger partial charge is 0.0607 e. The number of nitrogens with zero attached hydrogens (tertiary/aromatic N) is 4. The Balaban J connectivity index is 1.26. The van der Waals surface area contributed by atoms with Gasteiger partial charge in [0.2, 0.25) is 0 Å². The first kappa shape index (κ1) is 20.9. The van der Waals surface area contributed by atoms with E-state index in [1.807, 2.05) is 6.20 Å². The summed E-state index contributed by atoms with van der Waals surface area (Å²) in [6, 6.07) is 12.0. The van der Waals surface area contributed by atoms with Gasteiger partial charge in [-0.3, -0.25) is 9.88 Å². The molecule has 0 spiro atoms. The van der Waals surface area contributed by atoms with Gasteiger partial charge in [0, 0.05) is 51.5 Å². The second-order valence-corrected chi connectivity index (χ2v) is 9.52. The van der Waals surface area contributed by atoms with E-state index in [4.69, 9.17) is 4.98 Å². The van der Waals surface area contributed by atoms with Crippen LogP contribution in [-0.2, 0) is 19.4 Å². The highest BCUT2D eigenvalue weighted by atomic mass is 15.5. The third-order valence-corrected chi connectivity index (χ3v) is 7.29. The number of hydrazine groups is 1. The molecule has 2 aromatic rings. The first-order valence-electron chi connectivity index (χ1n) is 11.9. The van der Waals surface area contributed by atoms with Crippen molar-refractivity contribution in [3.63, 3.8) is 0 Å². The van der Waals surface area contributed by atoms with E-state index in [1.165, 1.54) is 47.3 Å². The van der Waals surface area contributed by atoms with Gasteiger partial charge < -0.3 is 15.6 Å². The van der Waals surface area contributed by atoms with Gasteiger partial charge in [0.15, 0.2) is 0 Å². The Hall–Kier alpha value is -1.99. The lowest BCUT2D eigenvalue weighted by atomic mass is 9.90. The molecule has 6 heteroatoms. The number of aryl methyl sites for hydroxylation is 1. The Labute approximate surface area is 186 Å². The van der Waals surface area contributed by atoms with Crippen molar-refractivity contribution in [3.05, 3.63) is 58.9 Å². The number of hydrogen-bond acceptors (Lipinski definition) is 6. The van der Waals surface area contributed by atoms with Crippen LogP contribution < -0.4 is 10.7 Å². The van der Waals surface area contributed by atoms with Crippen LogP contribution in [0.4, 0.5) is 5.69 Å². The average molecular weight is 421 g/mol. The predicted molar refractivity (Wildman–Crippen MR) is 126 cm³/mol. The number of hydrogen-bond donors (Lipinski definition) is 2. The fourth-order valence-electron chi connectivity index (χ4n) is 5.43. The van der Waals surface area contributed by atoms with Gasteiger partial charge in [0.1, 0.15) is 0 Å². The lowest BCUT2D eigenvalue weighted by Crippen LogP contribution is -2.48. The molecule has 2 atom stereocenters. The molecule has 2 aliphatic heterocycles. The van der Waals surface area contributed by atoms with E-state index in [9.17, 15) is 0 Å². The Morgan fingerprint density at radius 1 is 1.13 bits per heavy atom. The number of rotatable bonds is 5. The van der Waals surface area contributed by atoms with E-state index < -0.39 is 0 Å². The zero-order valence-electron chi connectivity index (χ0n) is 19.0. The third kappa shape index (κ3) is 4.62. The van der Waals surface area contributed by atoms with Crippen molar-refractivity contribution in [1.82, 2.24) is 25.1 Å². The van der Waals surface area contributed by atoms with Crippen LogP contribution in [-0.4, -0.2) is 72.7 Å². The summed E-state index contributed by atoms with van der Waals surface area (Å²) < 4.78 is 0. The molecule has 6 nitrogen and oxygen atoms in total. The first-order valence-corrected chi connectivity index (χ1v) is 11.9. The van der Waals surface area contributed by atoms with Crippen LogP contribution in [0.25, 0.3) is 0 Å². The summed E-state index contributed by atoms with van der Waals surface area (Å²) in [7, 11) is 4.48. The molecule has 0 saturated carbocycles. The number of aromatic nitrogens is 1. The quantitative estimate of drug-likeness (QED) is 0.776. The van der Waals surface area contributed by atoms with Crippen molar-refractivity contribution in [2.45, 2.75) is 44.3 Å². The Kier molecular flexibility index (Phi) is 6.23. The van der Waals surface area contributed by atoms with Crippen LogP contribution in [0, 0.1) is 0 Å². The van der Waals surface area contributed by atoms with Crippen LogP contribution >= 0.6 is 0 Å². The van der Waals surface area contributed by atoms with E-state index in [2.05, 4.69) is 70.0 Å². The summed E-state index contributed by atoms with van der Waals surface area (Å²) in [4.78, 5) is 9.68. The number of pyridine rings is 1. The summed E-state index contributed by atoms with van der Waals surface area (Å²) in [5.41, 5.74) is 10.7. The maximum absolute atomic E-state index is 4.75. The number of likely N-dealkylation sites (N-methyl/N-ethyl adjacent to an activating group) is 2. The highest BCUT2D eigenvalue weighted by Crippen LogP contribution is 2.33. The third-order valence-electron chi connectivity index (χ3n) is 7.29. The molecule has 1 aliphatic carbocycles. The summed E-state index contributed by atoms with van der Waals surface area (Å²) in [6.07, 6.45) is 6.66. The van der Waals surface area contributed by atoms with Crippen LogP contribution in [0.1, 0.15) is 41.3 Å². The van der Waals surface area contributed by atoms with Gasteiger partial charge in [0.05, 0.1) is 17.4 Å². The van der Waals surface area contributed by atoms with E-state index >= 15 is 0 Å². The number of benzene rings is 1. The standard InChI is InChI=1S/C25H36N6/c1-29-12-14-31(15-13-29)28-23-9-3-7-20-17-27-21(16-22(20)23)18-30(2)24-10-4-6-19-8-5-11-26-25(19)24/h3,5,7-9,11,21,24,27-28H,4,6,10,12-18H2,1-2H3/t21-,24-/m0/s1. The Bertz CT molecular complexity index is 891. The molecule has 3 aliphatic rings. The van der Waals surface area contributed by atoms with Gasteiger partial charge in [-0.2, -0.15) is 0 Å². The molecule has 5 rings (SSSR count). The molecule has 3 heterocycles. The molecule has 0 amide bonds. The van der Waals surface area contributed by atoms with Crippen LogP contribution in [0.3, 0.4) is 0 Å². The molecule has 31 heavy (non-hydrogen) atoms. The minimum absolute atomic E-state index is 0.437. The van der Waals surface area contributed by atoms with Crippen molar-refractivity contribution >= 4 is 5.69 Å². The van der Waals surface area contributed by atoms with Crippen LogP contribution in [0.5, 0.6) is 0 Å². The number of piperazine rings is 1. The van der Waals surface area contributed by atoms with Gasteiger partial charge in [0.25, 0.3) is 0 Å². The fourth-order valence-corrected chi connectivity index (χ4v) is 5.43. The van der Waals surface area contributed by atoms with Gasteiger partial charge in [-0.25, -0.2) is 5.01 Å². The monoisotopic (exact) mass is 420 g/mol. The summed E-state index contributed by atoms with van der Waals surface area (Å²) in [5, 5.41) is 6.17. The zero-order chi connectivity index (χ0) is 21.2. The van der Waals surface area contributed by atoms with Crippen molar-refractivity contribution in [1.29, 1.82) is 0 Å². The van der Waals surface area contributed by atoms with Gasteiger partial charge in [-0.05, 0) is 68.6 Å². The molecule has 0 unspecified atom stereocenters. The average Bonchev–Trinajstić information content (AvgIpc) is 2.80. The number of fused-ring (bicyclic) bond motifs is 2. The van der Waals surface area contributed by atoms with Gasteiger partial charge >= 0.3 is 0 Å². The number of anilines is 1. The van der Waals surface area contributed by atoms with Crippen molar-refractivity contribution < 1.29 is 0 Å². The lowest BCUT2D eigenvalue weighted by molar-refractivity contribution is 0.178. The highest BCUT2D eigenvalue weighted by Gasteiger charge is 2.28. The first-order chi connectivity index (χ1) is 15.2. The second kappa shape index (κ2) is 9.25. The van der Waals surface area contributed by atoms with Gasteiger partial charge in [-0.1, -0.05) is 18.2 Å². The topological polar surface area (TPSA) is 46.7 Å². The molecule has 0 bridgehead atoms. The molecule has 166 valence electrons. The Morgan fingerprint density at radius 2 is 1.97 bits per heavy atom. The van der Waals surface area contributed by atoms with E-state index in [-0.39, 0.29) is 0 Å². The largest absolute Gasteiger partial charge is 0.318 e. The molecule has 1 aromatic carbocycles. The highest BCUT2D eigenvalue weighted by molar-refractivity contribution is 5.55. The van der Waals surface area contributed by atoms with Crippen LogP contribution in [0.2, 0.25) is 0 Å². The van der Waals surface area contributed by atoms with Gasteiger partial charge in [-0.15, -0.1) is 0 Å². The molecule has 1 saturated heterocycles. The van der Waals surface area contributed by atoms with E-state index in [1.54, 1.807) is 0 Å². The molecule has 1 fully saturated rings. The Morgan fingerprint density at radius 3 is 2.84 bits per heavy atom. The SMILES string of the molecule is CN1CCN(Nc2cccc3c2C[C@@H](CN(C)[C@H]2CCCc4cccnc42)NC3)CC1. The summed E-state index contributed by atoms with van der Waals surface area (Å²) in [5.74, 6) is 0. The van der Waals surface area contributed by atoms with Crippen molar-refractivity contribution in [3.8, 4) is 0 Å². The maximum atomic E-state index is 4.75. The van der Waals surface area contributed by atoms with E-state index in [0.717, 1.165) is 45.7 Å². The van der Waals surface area contributed by atoms with E-state index in [0.29, 0.717) is 12.1 Å².